The van der Waals surface area contributed by atoms with Gasteiger partial charge in [0, 0.05) is 5.57 Å². The van der Waals surface area contributed by atoms with Gasteiger partial charge in [0.25, 0.3) is 0 Å². The van der Waals surface area contributed by atoms with Crippen LogP contribution in [0.5, 0.6) is 0 Å². The summed E-state index contributed by atoms with van der Waals surface area (Å²) in [7, 11) is 0. The number of rotatable bonds is 1. The van der Waals surface area contributed by atoms with Crippen LogP contribution in [-0.2, 0) is 9.59 Å². The predicted molar refractivity (Wildman–Crippen MR) is 88.2 cm³/mol. The largest absolute Gasteiger partial charge is 0.290 e. The van der Waals surface area contributed by atoms with Gasteiger partial charge < -0.3 is 0 Å². The second kappa shape index (κ2) is 5.57. The van der Waals surface area contributed by atoms with E-state index in [2.05, 4.69) is 0 Å². The van der Waals surface area contributed by atoms with Crippen molar-refractivity contribution in [1.82, 2.24) is 0 Å². The maximum absolute atomic E-state index is 12.2. The third-order valence-corrected chi connectivity index (χ3v) is 3.85. The number of ketones is 2. The third kappa shape index (κ3) is 2.68. The number of carbonyl (C=O) groups is 2. The van der Waals surface area contributed by atoms with Crippen molar-refractivity contribution in [3.8, 4) is 0 Å². The molecule has 22 heavy (non-hydrogen) atoms. The molecular weight excluding hydrogens is 272 g/mol. The van der Waals surface area contributed by atoms with Crippen molar-refractivity contribution in [3.63, 3.8) is 0 Å². The van der Waals surface area contributed by atoms with Crippen molar-refractivity contribution < 1.29 is 9.59 Å². The maximum Gasteiger partial charge on any atom is 0.186 e. The number of aryl methyl sites for hydroxylation is 1. The van der Waals surface area contributed by atoms with E-state index in [1.54, 1.807) is 31.2 Å². The van der Waals surface area contributed by atoms with E-state index in [1.807, 2.05) is 43.3 Å². The molecular formula is C20H16O2. The van der Waals surface area contributed by atoms with E-state index in [1.165, 1.54) is 0 Å². The van der Waals surface area contributed by atoms with Crippen LogP contribution in [0.15, 0.2) is 77.4 Å². The third-order valence-electron chi connectivity index (χ3n) is 3.85. The molecule has 0 aromatic heterocycles. The van der Waals surface area contributed by atoms with Crippen LogP contribution < -0.4 is 0 Å². The minimum Gasteiger partial charge on any atom is -0.290 e. The molecule has 0 spiro atoms. The quantitative estimate of drug-likeness (QED) is 0.785. The van der Waals surface area contributed by atoms with Crippen molar-refractivity contribution in [3.05, 3.63) is 88.6 Å². The molecule has 2 aliphatic carbocycles. The Kier molecular flexibility index (Phi) is 3.60. The predicted octanol–water partition coefficient (Wildman–Crippen LogP) is 3.90. The number of benzene rings is 1. The Morgan fingerprint density at radius 2 is 1.27 bits per heavy atom. The van der Waals surface area contributed by atoms with E-state index in [-0.39, 0.29) is 11.6 Å². The van der Waals surface area contributed by atoms with Gasteiger partial charge in [-0.15, -0.1) is 0 Å². The lowest BCUT2D eigenvalue weighted by molar-refractivity contribution is -0.111. The van der Waals surface area contributed by atoms with Gasteiger partial charge >= 0.3 is 0 Å². The van der Waals surface area contributed by atoms with E-state index < -0.39 is 0 Å². The van der Waals surface area contributed by atoms with Crippen LogP contribution in [0.1, 0.15) is 18.1 Å². The Labute approximate surface area is 129 Å². The summed E-state index contributed by atoms with van der Waals surface area (Å²) in [5, 5.41) is 0. The SMILES string of the molecule is CC1=CC(=C2C=CC(=O)C(c3ccc(C)cc3)=C2)C=CC1=O. The molecule has 2 nitrogen and oxygen atoms in total. The lowest BCUT2D eigenvalue weighted by Crippen LogP contribution is -2.05. The van der Waals surface area contributed by atoms with Crippen molar-refractivity contribution in [1.29, 1.82) is 0 Å². The normalized spacial score (nSPS) is 21.0. The van der Waals surface area contributed by atoms with Gasteiger partial charge in [-0.2, -0.15) is 0 Å². The molecule has 0 heterocycles. The lowest BCUT2D eigenvalue weighted by Gasteiger charge is -2.13. The minimum absolute atomic E-state index is 0.00442. The van der Waals surface area contributed by atoms with Crippen molar-refractivity contribution in [2.45, 2.75) is 13.8 Å². The summed E-state index contributed by atoms with van der Waals surface area (Å²) in [6.07, 6.45) is 10.5. The molecule has 2 aliphatic rings. The van der Waals surface area contributed by atoms with Crippen molar-refractivity contribution in [2.24, 2.45) is 0 Å². The molecule has 0 amide bonds. The van der Waals surface area contributed by atoms with E-state index >= 15 is 0 Å². The number of hydrogen-bond donors (Lipinski definition) is 0. The average Bonchev–Trinajstić information content (AvgIpc) is 2.52. The van der Waals surface area contributed by atoms with E-state index in [0.717, 1.165) is 22.3 Å². The monoisotopic (exact) mass is 288 g/mol. The second-order valence-electron chi connectivity index (χ2n) is 5.56. The average molecular weight is 288 g/mol. The molecule has 3 rings (SSSR count). The fraction of sp³-hybridized carbons (Fsp3) is 0.100. The fourth-order valence-corrected chi connectivity index (χ4v) is 2.50. The van der Waals surface area contributed by atoms with Gasteiger partial charge in [-0.25, -0.2) is 0 Å². The van der Waals surface area contributed by atoms with Gasteiger partial charge in [-0.05, 0) is 60.4 Å². The summed E-state index contributed by atoms with van der Waals surface area (Å²) in [5.74, 6) is 0.0349. The van der Waals surface area contributed by atoms with Gasteiger partial charge in [0.05, 0.1) is 0 Å². The van der Waals surface area contributed by atoms with Crippen LogP contribution in [0, 0.1) is 6.92 Å². The first kappa shape index (κ1) is 14.2. The highest BCUT2D eigenvalue weighted by atomic mass is 16.1. The molecule has 0 N–H and O–H groups in total. The van der Waals surface area contributed by atoms with Gasteiger partial charge in [0.15, 0.2) is 11.6 Å². The van der Waals surface area contributed by atoms with Crippen LogP contribution in [0.3, 0.4) is 0 Å². The van der Waals surface area contributed by atoms with Crippen molar-refractivity contribution in [2.75, 3.05) is 0 Å². The highest BCUT2D eigenvalue weighted by molar-refractivity contribution is 6.27. The Balaban J connectivity index is 2.07. The summed E-state index contributed by atoms with van der Waals surface area (Å²) in [6, 6.07) is 7.92. The fourth-order valence-electron chi connectivity index (χ4n) is 2.50. The highest BCUT2D eigenvalue weighted by Crippen LogP contribution is 2.27. The molecule has 0 fully saturated rings. The highest BCUT2D eigenvalue weighted by Gasteiger charge is 2.16. The molecule has 0 aliphatic heterocycles. The standard InChI is InChI=1S/C20H16O2/c1-13-3-5-15(6-4-13)18-12-17(8-10-20(18)22)16-7-9-19(21)14(2)11-16/h3-12H,1-2H3. The lowest BCUT2D eigenvalue weighted by atomic mass is 9.90. The summed E-state index contributed by atoms with van der Waals surface area (Å²) >= 11 is 0. The Hall–Kier alpha value is -2.74. The molecule has 0 saturated heterocycles. The first-order chi connectivity index (χ1) is 10.5. The van der Waals surface area contributed by atoms with Crippen LogP contribution in [0.25, 0.3) is 5.57 Å². The summed E-state index contributed by atoms with van der Waals surface area (Å²) in [6.45, 7) is 3.82. The molecule has 2 heteroatoms. The first-order valence-corrected chi connectivity index (χ1v) is 7.21. The maximum atomic E-state index is 12.2. The Morgan fingerprint density at radius 3 is 1.91 bits per heavy atom. The zero-order chi connectivity index (χ0) is 15.7. The smallest absolute Gasteiger partial charge is 0.186 e. The number of carbonyl (C=O) groups excluding carboxylic acids is 2. The number of allylic oxidation sites excluding steroid dienone is 10. The van der Waals surface area contributed by atoms with Gasteiger partial charge in [0.2, 0.25) is 0 Å². The summed E-state index contributed by atoms with van der Waals surface area (Å²) < 4.78 is 0. The van der Waals surface area contributed by atoms with E-state index in [4.69, 9.17) is 0 Å². The zero-order valence-corrected chi connectivity index (χ0v) is 12.6. The van der Waals surface area contributed by atoms with Crippen LogP contribution >= 0.6 is 0 Å². The topological polar surface area (TPSA) is 34.1 Å². The molecule has 108 valence electrons. The van der Waals surface area contributed by atoms with Crippen LogP contribution in [0.4, 0.5) is 0 Å². The summed E-state index contributed by atoms with van der Waals surface area (Å²) in [4.78, 5) is 23.7. The number of hydrogen-bond acceptors (Lipinski definition) is 2. The van der Waals surface area contributed by atoms with Crippen LogP contribution in [0.2, 0.25) is 0 Å². The Morgan fingerprint density at radius 1 is 0.682 bits per heavy atom. The molecule has 0 unspecified atom stereocenters. The Bertz CT molecular complexity index is 810. The molecule has 1 aromatic rings. The van der Waals surface area contributed by atoms with Crippen LogP contribution in [-0.4, -0.2) is 11.6 Å². The van der Waals surface area contributed by atoms with E-state index in [9.17, 15) is 9.59 Å². The van der Waals surface area contributed by atoms with Gasteiger partial charge in [0.1, 0.15) is 0 Å². The molecule has 0 atom stereocenters. The molecule has 0 radical (unpaired) electrons. The summed E-state index contributed by atoms with van der Waals surface area (Å²) in [5.41, 5.74) is 5.36. The van der Waals surface area contributed by atoms with Crippen molar-refractivity contribution >= 4 is 17.1 Å². The molecule has 0 saturated carbocycles. The van der Waals surface area contributed by atoms with Gasteiger partial charge in [-0.3, -0.25) is 9.59 Å². The first-order valence-electron chi connectivity index (χ1n) is 7.21. The second-order valence-corrected chi connectivity index (χ2v) is 5.56. The minimum atomic E-state index is 0.00442. The zero-order valence-electron chi connectivity index (χ0n) is 12.6. The molecule has 1 aromatic carbocycles. The van der Waals surface area contributed by atoms with E-state index in [0.29, 0.717) is 11.1 Å². The molecule has 0 bridgehead atoms. The van der Waals surface area contributed by atoms with Gasteiger partial charge in [-0.1, -0.05) is 42.0 Å².